The molecule has 0 amide bonds. The van der Waals surface area contributed by atoms with Gasteiger partial charge in [-0.15, -0.1) is 0 Å². The van der Waals surface area contributed by atoms with Crippen LogP contribution in [0, 0.1) is 0 Å². The molecule has 2 aromatic carbocycles. The van der Waals surface area contributed by atoms with Crippen molar-refractivity contribution < 1.29 is 0 Å². The van der Waals surface area contributed by atoms with Crippen LogP contribution in [0.3, 0.4) is 0 Å². The normalized spacial score (nSPS) is 11.7. The van der Waals surface area contributed by atoms with Crippen LogP contribution in [0.5, 0.6) is 0 Å². The van der Waals surface area contributed by atoms with E-state index in [0.717, 1.165) is 31.8 Å². The lowest BCUT2D eigenvalue weighted by molar-refractivity contribution is 0.732. The Bertz CT molecular complexity index is 861. The molecular weight excluding hydrogens is 328 g/mol. The molecule has 0 spiro atoms. The minimum atomic E-state index is 0.723. The highest BCUT2D eigenvalue weighted by Crippen LogP contribution is 2.22. The predicted molar refractivity (Wildman–Crippen MR) is 97.5 cm³/mol. The van der Waals surface area contributed by atoms with Gasteiger partial charge in [0, 0.05) is 37.4 Å². The topological polar surface area (TPSA) is 33.4 Å². The second-order valence-electron chi connectivity index (χ2n) is 5.34. The van der Waals surface area contributed by atoms with Gasteiger partial charge in [0.05, 0.1) is 5.69 Å². The van der Waals surface area contributed by atoms with Gasteiger partial charge in [-0.3, -0.25) is 0 Å². The quantitative estimate of drug-likeness (QED) is 0.716. The number of aromatic nitrogens is 2. The summed E-state index contributed by atoms with van der Waals surface area (Å²) in [6.45, 7) is 0. The number of hydrogen-bond acceptors (Lipinski definition) is 4. The Balaban J connectivity index is 1.95. The molecular formula is C17H17ClN4S. The number of rotatable bonds is 3. The van der Waals surface area contributed by atoms with Crippen molar-refractivity contribution in [3.63, 3.8) is 0 Å². The molecule has 0 aliphatic heterocycles. The standard InChI is InChI=1S/C17H17ClN4S/c1-21(2)15-10-8-14(9-11-15)19-17-22(3)20-16(23-17)12-4-6-13(18)7-5-12/h4-11H,1-3H3/b19-17-. The fraction of sp³-hybridized carbons (Fsp3) is 0.176. The predicted octanol–water partition coefficient (Wildman–Crippen LogP) is 4.10. The molecule has 118 valence electrons. The van der Waals surface area contributed by atoms with Gasteiger partial charge in [-0.25, -0.2) is 9.67 Å². The van der Waals surface area contributed by atoms with Crippen molar-refractivity contribution in [3.8, 4) is 10.6 Å². The van der Waals surface area contributed by atoms with Crippen LogP contribution in [0.25, 0.3) is 10.6 Å². The maximum absolute atomic E-state index is 5.93. The smallest absolute Gasteiger partial charge is 0.208 e. The summed E-state index contributed by atoms with van der Waals surface area (Å²) in [6.07, 6.45) is 0. The van der Waals surface area contributed by atoms with Crippen molar-refractivity contribution in [2.24, 2.45) is 12.0 Å². The lowest BCUT2D eigenvalue weighted by atomic mass is 10.2. The highest BCUT2D eigenvalue weighted by molar-refractivity contribution is 7.12. The second kappa shape index (κ2) is 6.56. The van der Waals surface area contributed by atoms with E-state index in [1.54, 1.807) is 16.0 Å². The number of anilines is 1. The summed E-state index contributed by atoms with van der Waals surface area (Å²) < 4.78 is 1.80. The number of hydrogen-bond donors (Lipinski definition) is 0. The summed E-state index contributed by atoms with van der Waals surface area (Å²) in [5.41, 5.74) is 3.11. The van der Waals surface area contributed by atoms with E-state index in [2.05, 4.69) is 27.1 Å². The minimum absolute atomic E-state index is 0.723. The third kappa shape index (κ3) is 3.63. The highest BCUT2D eigenvalue weighted by Gasteiger charge is 2.05. The molecule has 0 saturated heterocycles. The van der Waals surface area contributed by atoms with Crippen molar-refractivity contribution in [2.75, 3.05) is 19.0 Å². The Morgan fingerprint density at radius 3 is 2.30 bits per heavy atom. The molecule has 0 bridgehead atoms. The summed E-state index contributed by atoms with van der Waals surface area (Å²) in [6, 6.07) is 15.8. The van der Waals surface area contributed by atoms with E-state index in [9.17, 15) is 0 Å². The SMILES string of the molecule is CN(C)c1ccc(/N=c2\sc(-c3ccc(Cl)cc3)nn2C)cc1. The van der Waals surface area contributed by atoms with E-state index in [1.165, 1.54) is 0 Å². The molecule has 3 rings (SSSR count). The first-order valence-corrected chi connectivity index (χ1v) is 8.34. The maximum Gasteiger partial charge on any atom is 0.208 e. The molecule has 0 unspecified atom stereocenters. The van der Waals surface area contributed by atoms with E-state index in [1.807, 2.05) is 57.5 Å². The van der Waals surface area contributed by atoms with Gasteiger partial charge >= 0.3 is 0 Å². The summed E-state index contributed by atoms with van der Waals surface area (Å²) in [5.74, 6) is 0. The molecule has 0 N–H and O–H groups in total. The fourth-order valence-corrected chi connectivity index (χ4v) is 3.13. The van der Waals surface area contributed by atoms with Crippen LogP contribution >= 0.6 is 22.9 Å². The van der Waals surface area contributed by atoms with Gasteiger partial charge in [0.1, 0.15) is 5.01 Å². The Labute approximate surface area is 144 Å². The maximum atomic E-state index is 5.93. The zero-order valence-corrected chi connectivity index (χ0v) is 14.8. The number of aryl methyl sites for hydroxylation is 1. The summed E-state index contributed by atoms with van der Waals surface area (Å²) in [4.78, 5) is 7.60. The zero-order chi connectivity index (χ0) is 16.4. The van der Waals surface area contributed by atoms with Gasteiger partial charge in [0.25, 0.3) is 0 Å². The average molecular weight is 345 g/mol. The lowest BCUT2D eigenvalue weighted by Crippen LogP contribution is -2.11. The zero-order valence-electron chi connectivity index (χ0n) is 13.2. The van der Waals surface area contributed by atoms with E-state index in [0.29, 0.717) is 0 Å². The van der Waals surface area contributed by atoms with E-state index in [4.69, 9.17) is 11.6 Å². The Morgan fingerprint density at radius 2 is 1.70 bits per heavy atom. The van der Waals surface area contributed by atoms with Crippen molar-refractivity contribution in [3.05, 3.63) is 58.4 Å². The second-order valence-corrected chi connectivity index (χ2v) is 6.74. The number of nitrogens with zero attached hydrogens (tertiary/aromatic N) is 4. The first-order valence-electron chi connectivity index (χ1n) is 7.15. The summed E-state index contributed by atoms with van der Waals surface area (Å²) in [5, 5.41) is 6.19. The van der Waals surface area contributed by atoms with Crippen molar-refractivity contribution in [1.82, 2.24) is 9.78 Å². The number of benzene rings is 2. The van der Waals surface area contributed by atoms with Crippen molar-refractivity contribution in [2.45, 2.75) is 0 Å². The molecule has 4 nitrogen and oxygen atoms in total. The number of halogens is 1. The molecule has 23 heavy (non-hydrogen) atoms. The van der Waals surface area contributed by atoms with E-state index < -0.39 is 0 Å². The molecule has 6 heteroatoms. The Morgan fingerprint density at radius 1 is 1.04 bits per heavy atom. The van der Waals surface area contributed by atoms with Gasteiger partial charge in [-0.1, -0.05) is 35.1 Å². The highest BCUT2D eigenvalue weighted by atomic mass is 35.5. The van der Waals surface area contributed by atoms with Crippen LogP contribution in [0.2, 0.25) is 5.02 Å². The molecule has 0 atom stereocenters. The molecule has 0 fully saturated rings. The minimum Gasteiger partial charge on any atom is -0.378 e. The van der Waals surface area contributed by atoms with Gasteiger partial charge < -0.3 is 4.90 Å². The van der Waals surface area contributed by atoms with Gasteiger partial charge in [-0.05, 0) is 36.4 Å². The molecule has 0 aliphatic carbocycles. The molecule has 3 aromatic rings. The average Bonchev–Trinajstić information content (AvgIpc) is 2.89. The van der Waals surface area contributed by atoms with Gasteiger partial charge in [0.2, 0.25) is 4.80 Å². The first kappa shape index (κ1) is 15.8. The first-order chi connectivity index (χ1) is 11.0. The molecule has 0 aliphatic rings. The third-order valence-electron chi connectivity index (χ3n) is 3.39. The van der Waals surface area contributed by atoms with Crippen molar-refractivity contribution >= 4 is 34.3 Å². The molecule has 0 saturated carbocycles. The Kier molecular flexibility index (Phi) is 4.50. The Hall–Kier alpha value is -2.11. The van der Waals surface area contributed by atoms with Crippen LogP contribution in [0.15, 0.2) is 53.5 Å². The van der Waals surface area contributed by atoms with Crippen molar-refractivity contribution in [1.29, 1.82) is 0 Å². The lowest BCUT2D eigenvalue weighted by Gasteiger charge is -2.11. The van der Waals surface area contributed by atoms with Crippen LogP contribution in [0.1, 0.15) is 0 Å². The summed E-state index contributed by atoms with van der Waals surface area (Å²) in [7, 11) is 5.95. The monoisotopic (exact) mass is 344 g/mol. The van der Waals surface area contributed by atoms with Crippen LogP contribution in [-0.4, -0.2) is 23.9 Å². The van der Waals surface area contributed by atoms with Gasteiger partial charge in [-0.2, -0.15) is 5.10 Å². The molecule has 1 aromatic heterocycles. The van der Waals surface area contributed by atoms with Crippen LogP contribution in [-0.2, 0) is 7.05 Å². The van der Waals surface area contributed by atoms with E-state index >= 15 is 0 Å². The molecule has 0 radical (unpaired) electrons. The largest absolute Gasteiger partial charge is 0.378 e. The van der Waals surface area contributed by atoms with Gasteiger partial charge in [0.15, 0.2) is 0 Å². The van der Waals surface area contributed by atoms with E-state index in [-0.39, 0.29) is 0 Å². The van der Waals surface area contributed by atoms with Crippen LogP contribution in [0.4, 0.5) is 11.4 Å². The van der Waals surface area contributed by atoms with Crippen LogP contribution < -0.4 is 9.70 Å². The third-order valence-corrected chi connectivity index (χ3v) is 4.69. The molecule has 1 heterocycles. The summed E-state index contributed by atoms with van der Waals surface area (Å²) >= 11 is 7.49. The fourth-order valence-electron chi connectivity index (χ4n) is 2.09.